The summed E-state index contributed by atoms with van der Waals surface area (Å²) >= 11 is 1.82. The summed E-state index contributed by atoms with van der Waals surface area (Å²) in [6.07, 6.45) is 4.83. The molecule has 6 heteroatoms. The molecule has 2 aromatic heterocycles. The molecule has 2 N–H and O–H groups in total. The van der Waals surface area contributed by atoms with Crippen LogP contribution in [-0.4, -0.2) is 40.6 Å². The second kappa shape index (κ2) is 7.07. The van der Waals surface area contributed by atoms with Crippen LogP contribution in [0, 0.1) is 5.92 Å². The van der Waals surface area contributed by atoms with E-state index in [1.54, 1.807) is 0 Å². The third kappa shape index (κ3) is 3.87. The first kappa shape index (κ1) is 15.8. The molecule has 1 aliphatic carbocycles. The van der Waals surface area contributed by atoms with E-state index in [1.165, 1.54) is 30.6 Å². The maximum atomic E-state index is 12.3. The Labute approximate surface area is 146 Å². The van der Waals surface area contributed by atoms with E-state index in [4.69, 9.17) is 0 Å². The molecule has 4 rings (SSSR count). The molecule has 1 saturated heterocycles. The van der Waals surface area contributed by atoms with Gasteiger partial charge in [-0.2, -0.15) is 5.10 Å². The van der Waals surface area contributed by atoms with Crippen molar-refractivity contribution in [3.8, 4) is 0 Å². The predicted octanol–water partition coefficient (Wildman–Crippen LogP) is 2.99. The number of aromatic amines is 1. The lowest BCUT2D eigenvalue weighted by molar-refractivity contribution is 0.0926. The highest BCUT2D eigenvalue weighted by Crippen LogP contribution is 2.38. The van der Waals surface area contributed by atoms with Crippen molar-refractivity contribution in [3.05, 3.63) is 39.8 Å². The first-order chi connectivity index (χ1) is 11.8. The Hall–Kier alpha value is -1.66. The van der Waals surface area contributed by atoms with Gasteiger partial charge in [0.05, 0.1) is 0 Å². The molecule has 2 aromatic rings. The van der Waals surface area contributed by atoms with Crippen LogP contribution in [0.25, 0.3) is 0 Å². The van der Waals surface area contributed by atoms with Gasteiger partial charge in [0.1, 0.15) is 5.69 Å². The Morgan fingerprint density at radius 3 is 3.12 bits per heavy atom. The minimum Gasteiger partial charge on any atom is -0.350 e. The van der Waals surface area contributed by atoms with Gasteiger partial charge in [-0.15, -0.1) is 11.3 Å². The first-order valence-electron chi connectivity index (χ1n) is 8.86. The molecule has 0 aromatic carbocycles. The predicted molar refractivity (Wildman–Crippen MR) is 95.2 cm³/mol. The van der Waals surface area contributed by atoms with Gasteiger partial charge in [0.2, 0.25) is 0 Å². The maximum absolute atomic E-state index is 12.3. The minimum atomic E-state index is -0.0477. The highest BCUT2D eigenvalue weighted by Gasteiger charge is 2.27. The number of piperidine rings is 1. The lowest BCUT2D eigenvalue weighted by Crippen LogP contribution is -2.40. The second-order valence-corrected chi connectivity index (χ2v) is 8.05. The molecule has 1 aliphatic heterocycles. The summed E-state index contributed by atoms with van der Waals surface area (Å²) < 4.78 is 0. The number of nitrogens with one attached hydrogen (secondary N) is 2. The Morgan fingerprint density at radius 1 is 1.42 bits per heavy atom. The molecular formula is C18H24N4OS. The van der Waals surface area contributed by atoms with Crippen molar-refractivity contribution in [2.24, 2.45) is 5.92 Å². The van der Waals surface area contributed by atoms with E-state index in [2.05, 4.69) is 37.9 Å². The number of thiophene rings is 1. The van der Waals surface area contributed by atoms with E-state index in [9.17, 15) is 4.79 Å². The van der Waals surface area contributed by atoms with E-state index in [0.29, 0.717) is 17.5 Å². The van der Waals surface area contributed by atoms with Crippen LogP contribution in [0.1, 0.15) is 52.7 Å². The molecule has 3 heterocycles. The monoisotopic (exact) mass is 344 g/mol. The van der Waals surface area contributed by atoms with E-state index in [-0.39, 0.29) is 5.91 Å². The molecular weight excluding hydrogens is 320 g/mol. The first-order valence-corrected chi connectivity index (χ1v) is 9.74. The maximum Gasteiger partial charge on any atom is 0.271 e. The molecule has 0 bridgehead atoms. The number of rotatable bonds is 6. The van der Waals surface area contributed by atoms with Crippen molar-refractivity contribution in [2.45, 2.75) is 38.1 Å². The molecule has 2 aliphatic rings. The third-order valence-corrected chi connectivity index (χ3v) is 5.82. The number of likely N-dealkylation sites (tertiary alicyclic amines) is 1. The molecule has 0 unspecified atom stereocenters. The van der Waals surface area contributed by atoms with E-state index in [0.717, 1.165) is 31.9 Å². The summed E-state index contributed by atoms with van der Waals surface area (Å²) in [5.74, 6) is 1.08. The van der Waals surface area contributed by atoms with E-state index < -0.39 is 0 Å². The fourth-order valence-electron chi connectivity index (χ4n) is 3.47. The highest BCUT2D eigenvalue weighted by molar-refractivity contribution is 7.09. The molecule has 1 amide bonds. The van der Waals surface area contributed by atoms with Crippen LogP contribution in [0.2, 0.25) is 0 Å². The lowest BCUT2D eigenvalue weighted by atomic mass is 9.98. The van der Waals surface area contributed by atoms with Gasteiger partial charge in [-0.25, -0.2) is 0 Å². The van der Waals surface area contributed by atoms with Crippen molar-refractivity contribution < 1.29 is 4.79 Å². The summed E-state index contributed by atoms with van der Waals surface area (Å²) in [5.41, 5.74) is 1.64. The van der Waals surface area contributed by atoms with Crippen LogP contribution in [0.4, 0.5) is 0 Å². The third-order valence-electron chi connectivity index (χ3n) is 4.96. The number of H-pyrrole nitrogens is 1. The van der Waals surface area contributed by atoms with Crippen LogP contribution in [0.15, 0.2) is 23.6 Å². The van der Waals surface area contributed by atoms with Gasteiger partial charge in [0.15, 0.2) is 0 Å². The molecule has 0 radical (unpaired) electrons. The Kier molecular flexibility index (Phi) is 4.67. The summed E-state index contributed by atoms with van der Waals surface area (Å²) in [6.45, 7) is 4.00. The molecule has 0 spiro atoms. The van der Waals surface area contributed by atoms with Crippen molar-refractivity contribution in [1.82, 2.24) is 20.4 Å². The average Bonchev–Trinajstić information content (AvgIpc) is 3.10. The van der Waals surface area contributed by atoms with E-state index in [1.807, 2.05) is 17.4 Å². The largest absolute Gasteiger partial charge is 0.350 e. The second-order valence-electron chi connectivity index (χ2n) is 7.02. The number of hydrogen-bond acceptors (Lipinski definition) is 4. The van der Waals surface area contributed by atoms with Crippen molar-refractivity contribution in [3.63, 3.8) is 0 Å². The molecule has 24 heavy (non-hydrogen) atoms. The zero-order chi connectivity index (χ0) is 16.4. The van der Waals surface area contributed by atoms with Gasteiger partial charge in [-0.3, -0.25) is 14.8 Å². The van der Waals surface area contributed by atoms with Gasteiger partial charge in [0, 0.05) is 36.1 Å². The summed E-state index contributed by atoms with van der Waals surface area (Å²) in [6, 6.07) is 6.23. The number of nitrogens with zero attached hydrogens (tertiary/aromatic N) is 2. The summed E-state index contributed by atoms with van der Waals surface area (Å²) in [4.78, 5) is 16.2. The molecule has 5 nitrogen and oxygen atoms in total. The Balaban J connectivity index is 1.26. The average molecular weight is 344 g/mol. The van der Waals surface area contributed by atoms with Crippen LogP contribution in [0.5, 0.6) is 0 Å². The topological polar surface area (TPSA) is 61.0 Å². The van der Waals surface area contributed by atoms with Gasteiger partial charge in [-0.1, -0.05) is 6.07 Å². The molecule has 128 valence electrons. The van der Waals surface area contributed by atoms with Crippen LogP contribution < -0.4 is 5.32 Å². The highest BCUT2D eigenvalue weighted by atomic mass is 32.1. The number of hydrogen-bond donors (Lipinski definition) is 2. The smallest absolute Gasteiger partial charge is 0.271 e. The van der Waals surface area contributed by atoms with Gasteiger partial charge < -0.3 is 5.32 Å². The normalized spacial score (nSPS) is 21.8. The number of carbonyl (C=O) groups is 1. The van der Waals surface area contributed by atoms with E-state index >= 15 is 0 Å². The van der Waals surface area contributed by atoms with Crippen LogP contribution in [-0.2, 0) is 6.54 Å². The summed E-state index contributed by atoms with van der Waals surface area (Å²) in [5, 5.41) is 12.4. The molecule has 1 saturated carbocycles. The fraction of sp³-hybridized carbons (Fsp3) is 0.556. The Bertz CT molecular complexity index is 677. The Morgan fingerprint density at radius 2 is 2.33 bits per heavy atom. The quantitative estimate of drug-likeness (QED) is 0.847. The van der Waals surface area contributed by atoms with Crippen molar-refractivity contribution in [2.75, 3.05) is 19.6 Å². The molecule has 1 atom stereocenters. The van der Waals surface area contributed by atoms with Gasteiger partial charge >= 0.3 is 0 Å². The van der Waals surface area contributed by atoms with Gasteiger partial charge in [-0.05, 0) is 55.7 Å². The van der Waals surface area contributed by atoms with Crippen LogP contribution >= 0.6 is 11.3 Å². The minimum absolute atomic E-state index is 0.0477. The summed E-state index contributed by atoms with van der Waals surface area (Å²) in [7, 11) is 0. The number of carbonyl (C=O) groups excluding carboxylic acids is 1. The lowest BCUT2D eigenvalue weighted by Gasteiger charge is -2.32. The molecule has 2 fully saturated rings. The zero-order valence-corrected chi connectivity index (χ0v) is 14.6. The number of aromatic nitrogens is 2. The van der Waals surface area contributed by atoms with Crippen LogP contribution in [0.3, 0.4) is 0 Å². The van der Waals surface area contributed by atoms with Crippen molar-refractivity contribution in [1.29, 1.82) is 0 Å². The SMILES string of the molecule is O=C(NC[C@H]1CCCN(Cc2cccs2)C1)c1cc(C2CC2)[nH]n1. The fourth-order valence-corrected chi connectivity index (χ4v) is 4.21. The number of amides is 1. The van der Waals surface area contributed by atoms with Crippen molar-refractivity contribution >= 4 is 17.2 Å². The zero-order valence-electron chi connectivity index (χ0n) is 13.8. The standard InChI is InChI=1S/C18H24N4OS/c23-18(17-9-16(20-21-17)14-5-6-14)19-10-13-3-1-7-22(11-13)12-15-4-2-8-24-15/h2,4,8-9,13-14H,1,3,5-7,10-12H2,(H,19,23)(H,20,21)/t13-/m1/s1. The van der Waals surface area contributed by atoms with Gasteiger partial charge in [0.25, 0.3) is 5.91 Å².